The lowest BCUT2D eigenvalue weighted by molar-refractivity contribution is 0.132. The standard InChI is InChI=1S/C7H10N2O2/c1-2-6-5-9(4-3-8)7(10)11-6/h6H,2,4-5H2,1H3/t6-/m1/s1. The Morgan fingerprint density at radius 3 is 3.09 bits per heavy atom. The summed E-state index contributed by atoms with van der Waals surface area (Å²) in [4.78, 5) is 12.3. The quantitative estimate of drug-likeness (QED) is 0.551. The van der Waals surface area contributed by atoms with Gasteiger partial charge in [0.25, 0.3) is 0 Å². The molecule has 1 heterocycles. The largest absolute Gasteiger partial charge is 0.444 e. The molecular formula is C7H10N2O2. The molecule has 1 atom stereocenters. The molecule has 11 heavy (non-hydrogen) atoms. The van der Waals surface area contributed by atoms with Gasteiger partial charge in [-0.3, -0.25) is 4.90 Å². The van der Waals surface area contributed by atoms with E-state index in [1.165, 1.54) is 4.90 Å². The fourth-order valence-electron chi connectivity index (χ4n) is 1.00. The molecule has 0 bridgehead atoms. The number of carbonyl (C=O) groups is 1. The van der Waals surface area contributed by atoms with Crippen LogP contribution in [0, 0.1) is 11.3 Å². The van der Waals surface area contributed by atoms with Gasteiger partial charge in [-0.05, 0) is 6.42 Å². The molecule has 4 heteroatoms. The fraction of sp³-hybridized carbons (Fsp3) is 0.714. The molecule has 4 nitrogen and oxygen atoms in total. The van der Waals surface area contributed by atoms with Gasteiger partial charge in [0.15, 0.2) is 0 Å². The number of ether oxygens (including phenoxy) is 1. The normalized spacial score (nSPS) is 23.1. The van der Waals surface area contributed by atoms with Crippen LogP contribution in [-0.2, 0) is 4.74 Å². The molecule has 1 aliphatic rings. The van der Waals surface area contributed by atoms with Crippen LogP contribution in [0.4, 0.5) is 4.79 Å². The summed E-state index contributed by atoms with van der Waals surface area (Å²) in [5, 5.41) is 8.30. The summed E-state index contributed by atoms with van der Waals surface area (Å²) in [5.74, 6) is 0. The van der Waals surface area contributed by atoms with Gasteiger partial charge in [-0.25, -0.2) is 4.79 Å². The number of carbonyl (C=O) groups excluding carboxylic acids is 1. The minimum absolute atomic E-state index is 0.0177. The van der Waals surface area contributed by atoms with Crippen LogP contribution < -0.4 is 0 Å². The first-order valence-corrected chi connectivity index (χ1v) is 3.60. The molecule has 60 valence electrons. The SMILES string of the molecule is CC[C@@H]1CN(CC#N)C(=O)O1. The van der Waals surface area contributed by atoms with Crippen LogP contribution >= 0.6 is 0 Å². The molecule has 1 amide bonds. The lowest BCUT2D eigenvalue weighted by Crippen LogP contribution is -2.25. The van der Waals surface area contributed by atoms with E-state index in [2.05, 4.69) is 0 Å². The van der Waals surface area contributed by atoms with Crippen LogP contribution in [0.25, 0.3) is 0 Å². The van der Waals surface area contributed by atoms with Crippen LogP contribution in [0.15, 0.2) is 0 Å². The third kappa shape index (κ3) is 1.61. The topological polar surface area (TPSA) is 53.3 Å². The highest BCUT2D eigenvalue weighted by molar-refractivity contribution is 5.70. The van der Waals surface area contributed by atoms with Crippen LogP contribution in [0.3, 0.4) is 0 Å². The molecule has 1 rings (SSSR count). The zero-order chi connectivity index (χ0) is 8.27. The highest BCUT2D eigenvalue weighted by atomic mass is 16.6. The maximum absolute atomic E-state index is 10.9. The van der Waals surface area contributed by atoms with E-state index < -0.39 is 0 Å². The molecule has 0 aromatic heterocycles. The first kappa shape index (κ1) is 7.86. The summed E-state index contributed by atoms with van der Waals surface area (Å²) in [6.45, 7) is 2.64. The maximum Gasteiger partial charge on any atom is 0.411 e. The van der Waals surface area contributed by atoms with Crippen molar-refractivity contribution in [3.63, 3.8) is 0 Å². The Morgan fingerprint density at radius 2 is 2.64 bits per heavy atom. The minimum Gasteiger partial charge on any atom is -0.444 e. The van der Waals surface area contributed by atoms with E-state index in [1.807, 2.05) is 13.0 Å². The molecule has 0 unspecified atom stereocenters. The second-order valence-electron chi connectivity index (χ2n) is 2.45. The molecule has 1 aliphatic heterocycles. The van der Waals surface area contributed by atoms with Gasteiger partial charge >= 0.3 is 6.09 Å². The molecule has 0 aromatic rings. The van der Waals surface area contributed by atoms with Crippen LogP contribution in [0.1, 0.15) is 13.3 Å². The number of nitrogens with zero attached hydrogens (tertiary/aromatic N) is 2. The van der Waals surface area contributed by atoms with Crippen LogP contribution in [-0.4, -0.2) is 30.2 Å². The van der Waals surface area contributed by atoms with Gasteiger partial charge in [-0.2, -0.15) is 5.26 Å². The second kappa shape index (κ2) is 3.24. The van der Waals surface area contributed by atoms with E-state index in [4.69, 9.17) is 10.00 Å². The fourth-order valence-corrected chi connectivity index (χ4v) is 1.00. The van der Waals surface area contributed by atoms with Gasteiger partial charge < -0.3 is 4.74 Å². The van der Waals surface area contributed by atoms with Crippen molar-refractivity contribution >= 4 is 6.09 Å². The lowest BCUT2D eigenvalue weighted by Gasteiger charge is -2.05. The molecule has 0 N–H and O–H groups in total. The summed E-state index contributed by atoms with van der Waals surface area (Å²) in [7, 11) is 0. The lowest BCUT2D eigenvalue weighted by atomic mass is 10.3. The summed E-state index contributed by atoms with van der Waals surface area (Å²) in [6.07, 6.45) is 0.433. The average Bonchev–Trinajstić information content (AvgIpc) is 2.33. The van der Waals surface area contributed by atoms with Crippen molar-refractivity contribution in [2.45, 2.75) is 19.4 Å². The number of amides is 1. The second-order valence-corrected chi connectivity index (χ2v) is 2.45. The van der Waals surface area contributed by atoms with Gasteiger partial charge in [-0.1, -0.05) is 6.92 Å². The monoisotopic (exact) mass is 154 g/mol. The maximum atomic E-state index is 10.9. The Hall–Kier alpha value is -1.24. The van der Waals surface area contributed by atoms with Crippen molar-refractivity contribution in [1.82, 2.24) is 4.90 Å². The Morgan fingerprint density at radius 1 is 1.91 bits per heavy atom. The first-order valence-electron chi connectivity index (χ1n) is 3.60. The van der Waals surface area contributed by atoms with Gasteiger partial charge in [0.1, 0.15) is 12.6 Å². The zero-order valence-electron chi connectivity index (χ0n) is 6.41. The molecule has 0 spiro atoms. The van der Waals surface area contributed by atoms with Gasteiger partial charge in [0.05, 0.1) is 12.6 Å². The zero-order valence-corrected chi connectivity index (χ0v) is 6.41. The number of cyclic esters (lactones) is 1. The smallest absolute Gasteiger partial charge is 0.411 e. The highest BCUT2D eigenvalue weighted by Crippen LogP contribution is 2.12. The Labute approximate surface area is 65.4 Å². The predicted molar refractivity (Wildman–Crippen MR) is 37.7 cm³/mol. The van der Waals surface area contributed by atoms with E-state index in [-0.39, 0.29) is 18.7 Å². The molecule has 0 aliphatic carbocycles. The van der Waals surface area contributed by atoms with E-state index >= 15 is 0 Å². The van der Waals surface area contributed by atoms with Crippen molar-refractivity contribution < 1.29 is 9.53 Å². The minimum atomic E-state index is -0.363. The van der Waals surface area contributed by atoms with Crippen LogP contribution in [0.2, 0.25) is 0 Å². The van der Waals surface area contributed by atoms with E-state index in [1.54, 1.807) is 0 Å². The first-order chi connectivity index (χ1) is 5.27. The molecular weight excluding hydrogens is 144 g/mol. The number of rotatable bonds is 2. The summed E-state index contributed by atoms with van der Waals surface area (Å²) < 4.78 is 4.91. The molecule has 0 aromatic carbocycles. The number of nitriles is 1. The number of hydrogen-bond acceptors (Lipinski definition) is 3. The van der Waals surface area contributed by atoms with Crippen LogP contribution in [0.5, 0.6) is 0 Å². The highest BCUT2D eigenvalue weighted by Gasteiger charge is 2.29. The number of hydrogen-bond donors (Lipinski definition) is 0. The van der Waals surface area contributed by atoms with E-state index in [9.17, 15) is 4.79 Å². The summed E-state index contributed by atoms with van der Waals surface area (Å²) >= 11 is 0. The molecule has 1 fully saturated rings. The third-order valence-corrected chi connectivity index (χ3v) is 1.67. The van der Waals surface area contributed by atoms with Crippen molar-refractivity contribution in [2.75, 3.05) is 13.1 Å². The van der Waals surface area contributed by atoms with Gasteiger partial charge in [-0.15, -0.1) is 0 Å². The molecule has 0 saturated carbocycles. The Kier molecular flexibility index (Phi) is 2.32. The van der Waals surface area contributed by atoms with Gasteiger partial charge in [0, 0.05) is 0 Å². The van der Waals surface area contributed by atoms with Crippen molar-refractivity contribution in [3.05, 3.63) is 0 Å². The van der Waals surface area contributed by atoms with Crippen molar-refractivity contribution in [1.29, 1.82) is 5.26 Å². The Balaban J connectivity index is 2.46. The Bertz CT molecular complexity index is 197. The van der Waals surface area contributed by atoms with Gasteiger partial charge in [0.2, 0.25) is 0 Å². The molecule has 0 radical (unpaired) electrons. The third-order valence-electron chi connectivity index (χ3n) is 1.67. The average molecular weight is 154 g/mol. The summed E-state index contributed by atoms with van der Waals surface area (Å²) in [5.41, 5.74) is 0. The predicted octanol–water partition coefficient (Wildman–Crippen LogP) is 0.741. The summed E-state index contributed by atoms with van der Waals surface area (Å²) in [6, 6.07) is 1.91. The van der Waals surface area contributed by atoms with Crippen molar-refractivity contribution in [3.8, 4) is 6.07 Å². The van der Waals surface area contributed by atoms with E-state index in [0.29, 0.717) is 6.54 Å². The molecule has 1 saturated heterocycles. The van der Waals surface area contributed by atoms with E-state index in [0.717, 1.165) is 6.42 Å². The van der Waals surface area contributed by atoms with Crippen molar-refractivity contribution in [2.24, 2.45) is 0 Å².